The van der Waals surface area contributed by atoms with E-state index in [2.05, 4.69) is 17.6 Å². The molecule has 0 spiro atoms. The minimum absolute atomic E-state index is 0. The van der Waals surface area contributed by atoms with Crippen molar-refractivity contribution >= 4 is 41.3 Å². The van der Waals surface area contributed by atoms with Crippen molar-refractivity contribution in [1.29, 1.82) is 0 Å². The monoisotopic (exact) mass is 550 g/mol. The molecule has 6 nitrogen and oxygen atoms in total. The van der Waals surface area contributed by atoms with Gasteiger partial charge >= 0.3 is 0 Å². The van der Waals surface area contributed by atoms with E-state index in [-0.39, 0.29) is 24.0 Å². The molecule has 172 valence electrons. The van der Waals surface area contributed by atoms with E-state index in [9.17, 15) is 0 Å². The van der Waals surface area contributed by atoms with Crippen molar-refractivity contribution in [2.45, 2.75) is 64.7 Å². The van der Waals surface area contributed by atoms with Crippen molar-refractivity contribution in [3.8, 4) is 0 Å². The van der Waals surface area contributed by atoms with Crippen LogP contribution in [-0.2, 0) is 28.7 Å². The molecule has 1 fully saturated rings. The molecular weight excluding hydrogens is 511 g/mol. The zero-order valence-corrected chi connectivity index (χ0v) is 21.6. The average Bonchev–Trinajstić information content (AvgIpc) is 3.17. The van der Waals surface area contributed by atoms with Crippen LogP contribution in [0.5, 0.6) is 0 Å². The topological polar surface area (TPSA) is 67.8 Å². The smallest absolute Gasteiger partial charge is 0.191 e. The Kier molecular flexibility index (Phi) is 13.2. The zero-order valence-electron chi connectivity index (χ0n) is 18.4. The highest BCUT2D eigenvalue weighted by Crippen LogP contribution is 2.27. The number of hydrogen-bond donors (Lipinski definition) is 2. The van der Waals surface area contributed by atoms with Gasteiger partial charge in [0.25, 0.3) is 0 Å². The number of nitrogens with zero attached hydrogens (tertiary/aromatic N) is 2. The summed E-state index contributed by atoms with van der Waals surface area (Å²) in [5, 5.41) is 8.06. The number of aryl methyl sites for hydroxylation is 3. The lowest BCUT2D eigenvalue weighted by Gasteiger charge is -2.21. The maximum atomic E-state index is 5.84. The lowest BCUT2D eigenvalue weighted by molar-refractivity contribution is 0.0203. The van der Waals surface area contributed by atoms with Crippen LogP contribution in [0.4, 0.5) is 0 Å². The Morgan fingerprint density at radius 3 is 2.83 bits per heavy atom. The lowest BCUT2D eigenvalue weighted by Crippen LogP contribution is -2.38. The van der Waals surface area contributed by atoms with Crippen molar-refractivity contribution in [2.24, 2.45) is 10.9 Å². The second-order valence-electron chi connectivity index (χ2n) is 7.96. The number of nitrogens with one attached hydrogen (secondary N) is 2. The highest BCUT2D eigenvalue weighted by atomic mass is 127. The van der Waals surface area contributed by atoms with Crippen LogP contribution in [0.1, 0.15) is 61.0 Å². The van der Waals surface area contributed by atoms with Gasteiger partial charge in [-0.3, -0.25) is 4.99 Å². The van der Waals surface area contributed by atoms with E-state index >= 15 is 0 Å². The molecular formula is C22H39IN4O2S. The van der Waals surface area contributed by atoms with E-state index in [1.807, 2.05) is 11.3 Å². The van der Waals surface area contributed by atoms with Gasteiger partial charge in [-0.1, -0.05) is 0 Å². The van der Waals surface area contributed by atoms with E-state index in [0.717, 1.165) is 84.1 Å². The van der Waals surface area contributed by atoms with Gasteiger partial charge in [0, 0.05) is 57.4 Å². The molecule has 1 aliphatic carbocycles. The standard InChI is InChI=1S/C22H38N4O2S.HI/c1-2-23-22(25-13-6-14-28-17-18-10-15-27-16-11-18)24-12-5-9-21-26-19-7-3-4-8-20(19)29-21;/h18H,2-17H2,1H3,(H2,23,24,25);1H. The van der Waals surface area contributed by atoms with Gasteiger partial charge in [-0.05, 0) is 64.2 Å². The normalized spacial score (nSPS) is 17.3. The summed E-state index contributed by atoms with van der Waals surface area (Å²) in [6, 6.07) is 0. The predicted molar refractivity (Wildman–Crippen MR) is 135 cm³/mol. The second kappa shape index (κ2) is 15.4. The molecule has 1 aromatic heterocycles. The summed E-state index contributed by atoms with van der Waals surface area (Å²) in [4.78, 5) is 11.1. The van der Waals surface area contributed by atoms with Crippen LogP contribution in [0, 0.1) is 5.92 Å². The number of hydrogen-bond acceptors (Lipinski definition) is 5. The van der Waals surface area contributed by atoms with Gasteiger partial charge in [0.05, 0.1) is 10.7 Å². The molecule has 3 rings (SSSR count). The summed E-state index contributed by atoms with van der Waals surface area (Å²) in [6.07, 6.45) is 10.4. The Labute approximate surface area is 203 Å². The zero-order chi connectivity index (χ0) is 20.2. The molecule has 1 saturated heterocycles. The SMILES string of the molecule is CCNC(=NCCCc1nc2c(s1)CCCC2)NCCCOCC1CCOCC1.I. The minimum Gasteiger partial charge on any atom is -0.381 e. The van der Waals surface area contributed by atoms with Gasteiger partial charge in [0.2, 0.25) is 0 Å². The number of rotatable bonds is 11. The first-order chi connectivity index (χ1) is 14.3. The Morgan fingerprint density at radius 2 is 2.03 bits per heavy atom. The second-order valence-corrected chi connectivity index (χ2v) is 9.13. The van der Waals surface area contributed by atoms with Crippen molar-refractivity contribution in [1.82, 2.24) is 15.6 Å². The van der Waals surface area contributed by atoms with Crippen molar-refractivity contribution in [3.63, 3.8) is 0 Å². The van der Waals surface area contributed by atoms with E-state index in [0.29, 0.717) is 5.92 Å². The average molecular weight is 551 g/mol. The van der Waals surface area contributed by atoms with Gasteiger partial charge in [-0.15, -0.1) is 35.3 Å². The Bertz CT molecular complexity index is 597. The Hall–Kier alpha value is -0.450. The molecule has 2 N–H and O–H groups in total. The number of halogens is 1. The van der Waals surface area contributed by atoms with Crippen LogP contribution >= 0.6 is 35.3 Å². The van der Waals surface area contributed by atoms with Gasteiger partial charge in [-0.25, -0.2) is 4.98 Å². The van der Waals surface area contributed by atoms with E-state index in [4.69, 9.17) is 19.5 Å². The first-order valence-electron chi connectivity index (χ1n) is 11.5. The number of ether oxygens (including phenoxy) is 2. The molecule has 0 atom stereocenters. The number of thiazole rings is 1. The summed E-state index contributed by atoms with van der Waals surface area (Å²) < 4.78 is 11.2. The molecule has 0 bridgehead atoms. The number of fused-ring (bicyclic) bond motifs is 1. The van der Waals surface area contributed by atoms with Crippen molar-refractivity contribution in [3.05, 3.63) is 15.6 Å². The van der Waals surface area contributed by atoms with Crippen LogP contribution in [0.15, 0.2) is 4.99 Å². The molecule has 0 unspecified atom stereocenters. The van der Waals surface area contributed by atoms with Crippen LogP contribution in [0.2, 0.25) is 0 Å². The van der Waals surface area contributed by atoms with Crippen molar-refractivity contribution < 1.29 is 9.47 Å². The Balaban J connectivity index is 0.00000320. The van der Waals surface area contributed by atoms with E-state index in [1.54, 1.807) is 0 Å². The third-order valence-electron chi connectivity index (χ3n) is 5.51. The molecule has 0 radical (unpaired) electrons. The Morgan fingerprint density at radius 1 is 1.20 bits per heavy atom. The molecule has 0 saturated carbocycles. The van der Waals surface area contributed by atoms with E-state index in [1.165, 1.54) is 41.3 Å². The maximum Gasteiger partial charge on any atom is 0.191 e. The maximum absolute atomic E-state index is 5.84. The van der Waals surface area contributed by atoms with Crippen molar-refractivity contribution in [2.75, 3.05) is 46.1 Å². The summed E-state index contributed by atoms with van der Waals surface area (Å²) in [6.45, 7) is 8.17. The largest absolute Gasteiger partial charge is 0.381 e. The molecule has 2 heterocycles. The first-order valence-corrected chi connectivity index (χ1v) is 12.3. The summed E-state index contributed by atoms with van der Waals surface area (Å²) in [7, 11) is 0. The van der Waals surface area contributed by atoms with Crippen LogP contribution in [0.25, 0.3) is 0 Å². The first kappa shape index (κ1) is 25.8. The number of aliphatic imine (C=N–C) groups is 1. The fourth-order valence-corrected chi connectivity index (χ4v) is 5.02. The van der Waals surface area contributed by atoms with Gasteiger partial charge in [-0.2, -0.15) is 0 Å². The number of guanidine groups is 1. The van der Waals surface area contributed by atoms with Gasteiger partial charge in [0.15, 0.2) is 5.96 Å². The molecule has 2 aliphatic rings. The quantitative estimate of drug-likeness (QED) is 0.189. The van der Waals surface area contributed by atoms with Gasteiger partial charge < -0.3 is 20.1 Å². The number of aromatic nitrogens is 1. The highest BCUT2D eigenvalue weighted by Gasteiger charge is 2.15. The molecule has 30 heavy (non-hydrogen) atoms. The fourth-order valence-electron chi connectivity index (χ4n) is 3.82. The summed E-state index contributed by atoms with van der Waals surface area (Å²) in [5.41, 5.74) is 1.37. The van der Waals surface area contributed by atoms with E-state index < -0.39 is 0 Å². The molecule has 0 aromatic carbocycles. The summed E-state index contributed by atoms with van der Waals surface area (Å²) in [5.74, 6) is 1.59. The molecule has 0 amide bonds. The van der Waals surface area contributed by atoms with Crippen LogP contribution < -0.4 is 10.6 Å². The van der Waals surface area contributed by atoms with Gasteiger partial charge in [0.1, 0.15) is 0 Å². The molecule has 1 aliphatic heterocycles. The minimum atomic E-state index is 0. The third-order valence-corrected chi connectivity index (χ3v) is 6.72. The molecule has 8 heteroatoms. The predicted octanol–water partition coefficient (Wildman–Crippen LogP) is 3.96. The van der Waals surface area contributed by atoms with Crippen LogP contribution in [0.3, 0.4) is 0 Å². The van der Waals surface area contributed by atoms with Crippen LogP contribution in [-0.4, -0.2) is 57.0 Å². The fraction of sp³-hybridized carbons (Fsp3) is 0.818. The molecule has 1 aromatic rings. The third kappa shape index (κ3) is 9.36. The summed E-state index contributed by atoms with van der Waals surface area (Å²) >= 11 is 1.92. The lowest BCUT2D eigenvalue weighted by atomic mass is 10.0. The highest BCUT2D eigenvalue weighted by molar-refractivity contribution is 14.0.